The summed E-state index contributed by atoms with van der Waals surface area (Å²) in [5.41, 5.74) is -0.548. The number of rotatable bonds is 5. The minimum absolute atomic E-state index is 0.467. The fourth-order valence-corrected chi connectivity index (χ4v) is 2.44. The van der Waals surface area contributed by atoms with Crippen molar-refractivity contribution in [3.05, 3.63) is 12.7 Å². The topological polar surface area (TPSA) is 20.2 Å². The van der Waals surface area contributed by atoms with Crippen LogP contribution in [0.4, 0.5) is 0 Å². The molecule has 1 N–H and O–H groups in total. The number of hydrogen-bond donors (Lipinski definition) is 1. The molecular formula is C13H24O. The summed E-state index contributed by atoms with van der Waals surface area (Å²) in [5.74, 6) is 1.26. The van der Waals surface area contributed by atoms with Gasteiger partial charge in [-0.1, -0.05) is 32.8 Å². The smallest absolute Gasteiger partial charge is 0.0853 e. The molecule has 1 aliphatic carbocycles. The van der Waals surface area contributed by atoms with Gasteiger partial charge < -0.3 is 5.11 Å². The third-order valence-electron chi connectivity index (χ3n) is 3.90. The van der Waals surface area contributed by atoms with Gasteiger partial charge >= 0.3 is 0 Å². The van der Waals surface area contributed by atoms with Gasteiger partial charge in [0, 0.05) is 0 Å². The molecule has 1 rings (SSSR count). The molecule has 82 valence electrons. The molecule has 0 spiro atoms. The fraction of sp³-hybridized carbons (Fsp3) is 0.846. The van der Waals surface area contributed by atoms with E-state index in [0.29, 0.717) is 5.92 Å². The highest BCUT2D eigenvalue weighted by Gasteiger charge is 2.37. The number of aliphatic hydroxyl groups is 1. The molecule has 1 nitrogen and oxygen atoms in total. The summed E-state index contributed by atoms with van der Waals surface area (Å²) in [6.45, 7) is 8.29. The second-order valence-corrected chi connectivity index (χ2v) is 4.88. The molecule has 0 aromatic carbocycles. The van der Waals surface area contributed by atoms with Crippen molar-refractivity contribution in [2.75, 3.05) is 0 Å². The zero-order valence-electron chi connectivity index (χ0n) is 9.63. The molecule has 3 atom stereocenters. The molecule has 1 aliphatic rings. The highest BCUT2D eigenvalue weighted by molar-refractivity contribution is 5.04. The molecule has 3 unspecified atom stereocenters. The lowest BCUT2D eigenvalue weighted by molar-refractivity contribution is 0.0451. The van der Waals surface area contributed by atoms with Crippen LogP contribution in [0, 0.1) is 11.8 Å². The van der Waals surface area contributed by atoms with Crippen molar-refractivity contribution in [2.24, 2.45) is 11.8 Å². The van der Waals surface area contributed by atoms with Crippen LogP contribution in [0.15, 0.2) is 12.7 Å². The van der Waals surface area contributed by atoms with E-state index in [2.05, 4.69) is 20.4 Å². The normalized spacial score (nSPS) is 34.4. The van der Waals surface area contributed by atoms with Crippen LogP contribution in [0.25, 0.3) is 0 Å². The second-order valence-electron chi connectivity index (χ2n) is 4.88. The minimum Gasteiger partial charge on any atom is -0.386 e. The van der Waals surface area contributed by atoms with E-state index in [1.807, 2.05) is 0 Å². The Bertz CT molecular complexity index is 188. The number of hydrogen-bond acceptors (Lipinski definition) is 1. The van der Waals surface area contributed by atoms with Gasteiger partial charge in [-0.2, -0.15) is 0 Å². The molecule has 1 heteroatoms. The van der Waals surface area contributed by atoms with Crippen molar-refractivity contribution < 1.29 is 5.11 Å². The molecule has 0 aromatic rings. The van der Waals surface area contributed by atoms with Crippen LogP contribution in [0.1, 0.15) is 52.4 Å². The monoisotopic (exact) mass is 196 g/mol. The molecule has 0 heterocycles. The molecule has 1 fully saturated rings. The summed E-state index contributed by atoms with van der Waals surface area (Å²) < 4.78 is 0. The van der Waals surface area contributed by atoms with E-state index in [9.17, 15) is 5.11 Å². The maximum absolute atomic E-state index is 10.2. The Morgan fingerprint density at radius 2 is 2.36 bits per heavy atom. The van der Waals surface area contributed by atoms with E-state index in [4.69, 9.17) is 0 Å². The predicted molar refractivity (Wildman–Crippen MR) is 61.2 cm³/mol. The Hall–Kier alpha value is -0.300. The van der Waals surface area contributed by atoms with Crippen LogP contribution in [0.2, 0.25) is 0 Å². The van der Waals surface area contributed by atoms with Crippen LogP contribution in [-0.2, 0) is 0 Å². The van der Waals surface area contributed by atoms with Crippen LogP contribution >= 0.6 is 0 Å². The van der Waals surface area contributed by atoms with Gasteiger partial charge in [0.05, 0.1) is 5.60 Å². The molecular weight excluding hydrogens is 172 g/mol. The molecule has 0 aliphatic heterocycles. The second kappa shape index (κ2) is 4.97. The zero-order valence-corrected chi connectivity index (χ0v) is 9.63. The summed E-state index contributed by atoms with van der Waals surface area (Å²) in [5, 5.41) is 10.2. The van der Waals surface area contributed by atoms with Gasteiger partial charge in [-0.3, -0.25) is 0 Å². The Kier molecular flexibility index (Phi) is 4.18. The summed E-state index contributed by atoms with van der Waals surface area (Å²) in [7, 11) is 0. The summed E-state index contributed by atoms with van der Waals surface area (Å²) >= 11 is 0. The highest BCUT2D eigenvalue weighted by Crippen LogP contribution is 2.39. The third-order valence-corrected chi connectivity index (χ3v) is 3.90. The Morgan fingerprint density at radius 3 is 2.93 bits per heavy atom. The first-order chi connectivity index (χ1) is 6.62. The molecule has 1 saturated carbocycles. The first kappa shape index (κ1) is 11.8. The van der Waals surface area contributed by atoms with Gasteiger partial charge in [0.15, 0.2) is 0 Å². The van der Waals surface area contributed by atoms with E-state index in [1.165, 1.54) is 19.3 Å². The van der Waals surface area contributed by atoms with E-state index in [-0.39, 0.29) is 0 Å². The maximum atomic E-state index is 10.2. The van der Waals surface area contributed by atoms with Crippen LogP contribution in [0.3, 0.4) is 0 Å². The summed E-state index contributed by atoms with van der Waals surface area (Å²) in [4.78, 5) is 0. The van der Waals surface area contributed by atoms with E-state index in [0.717, 1.165) is 25.2 Å². The summed E-state index contributed by atoms with van der Waals surface area (Å²) in [6.07, 6.45) is 8.68. The zero-order chi connectivity index (χ0) is 10.6. The lowest BCUT2D eigenvalue weighted by atomic mass is 9.85. The van der Waals surface area contributed by atoms with Crippen LogP contribution in [0.5, 0.6) is 0 Å². The van der Waals surface area contributed by atoms with Crippen molar-refractivity contribution in [3.63, 3.8) is 0 Å². The maximum Gasteiger partial charge on any atom is 0.0853 e. The van der Waals surface area contributed by atoms with Gasteiger partial charge in [-0.05, 0) is 37.5 Å². The first-order valence-corrected chi connectivity index (χ1v) is 5.98. The molecule has 0 bridgehead atoms. The minimum atomic E-state index is -0.548. The molecule has 0 radical (unpaired) electrons. The van der Waals surface area contributed by atoms with Crippen molar-refractivity contribution in [3.8, 4) is 0 Å². The van der Waals surface area contributed by atoms with E-state index in [1.54, 1.807) is 6.08 Å². The van der Waals surface area contributed by atoms with E-state index >= 15 is 0 Å². The first-order valence-electron chi connectivity index (χ1n) is 5.98. The van der Waals surface area contributed by atoms with Gasteiger partial charge in [-0.25, -0.2) is 0 Å². The van der Waals surface area contributed by atoms with Gasteiger partial charge in [-0.15, -0.1) is 6.58 Å². The Labute approximate surface area is 88.2 Å². The highest BCUT2D eigenvalue weighted by atomic mass is 16.3. The van der Waals surface area contributed by atoms with Crippen molar-refractivity contribution in [1.82, 2.24) is 0 Å². The van der Waals surface area contributed by atoms with Gasteiger partial charge in [0.2, 0.25) is 0 Å². The average Bonchev–Trinajstić information content (AvgIpc) is 2.57. The SMILES string of the molecule is C=CC1(O)CCCC1CCC(C)CC. The third kappa shape index (κ3) is 2.60. The van der Waals surface area contributed by atoms with Gasteiger partial charge in [0.1, 0.15) is 0 Å². The van der Waals surface area contributed by atoms with Crippen molar-refractivity contribution >= 4 is 0 Å². The lowest BCUT2D eigenvalue weighted by Gasteiger charge is -2.27. The van der Waals surface area contributed by atoms with E-state index < -0.39 is 5.60 Å². The van der Waals surface area contributed by atoms with Crippen LogP contribution in [-0.4, -0.2) is 10.7 Å². The van der Waals surface area contributed by atoms with Crippen molar-refractivity contribution in [2.45, 2.75) is 58.0 Å². The molecule has 0 saturated heterocycles. The summed E-state index contributed by atoms with van der Waals surface area (Å²) in [6, 6.07) is 0. The predicted octanol–water partition coefficient (Wildman–Crippen LogP) is 3.53. The molecule has 0 amide bonds. The fourth-order valence-electron chi connectivity index (χ4n) is 2.44. The van der Waals surface area contributed by atoms with Crippen molar-refractivity contribution in [1.29, 1.82) is 0 Å². The van der Waals surface area contributed by atoms with Crippen LogP contribution < -0.4 is 0 Å². The largest absolute Gasteiger partial charge is 0.386 e. The standard InChI is InChI=1S/C13H24O/c1-4-11(3)8-9-12-7-6-10-13(12,14)5-2/h5,11-12,14H,2,4,6-10H2,1,3H3. The lowest BCUT2D eigenvalue weighted by Crippen LogP contribution is -2.30. The molecule has 0 aromatic heterocycles. The average molecular weight is 196 g/mol. The Balaban J connectivity index is 2.40. The van der Waals surface area contributed by atoms with Gasteiger partial charge in [0.25, 0.3) is 0 Å². The Morgan fingerprint density at radius 1 is 1.64 bits per heavy atom. The molecule has 14 heavy (non-hydrogen) atoms. The quantitative estimate of drug-likeness (QED) is 0.667.